The smallest absolute Gasteiger partial charge is 0.236 e. The van der Waals surface area contributed by atoms with Crippen molar-refractivity contribution in [3.05, 3.63) is 29.0 Å². The molecule has 1 aromatic carbocycles. The molecule has 2 saturated heterocycles. The summed E-state index contributed by atoms with van der Waals surface area (Å²) in [6.45, 7) is 5.95. The van der Waals surface area contributed by atoms with Crippen LogP contribution in [0.1, 0.15) is 25.7 Å². The van der Waals surface area contributed by atoms with Gasteiger partial charge in [0.25, 0.3) is 0 Å². The first-order chi connectivity index (χ1) is 13.2. The average Bonchev–Trinajstić information content (AvgIpc) is 2.98. The highest BCUT2D eigenvalue weighted by atomic mass is 79.9. The van der Waals surface area contributed by atoms with E-state index in [9.17, 15) is 4.79 Å². The molecule has 7 heteroatoms. The molecule has 2 aliphatic heterocycles. The molecule has 27 heavy (non-hydrogen) atoms. The molecule has 0 aliphatic carbocycles. The predicted molar refractivity (Wildman–Crippen MR) is 111 cm³/mol. The van der Waals surface area contributed by atoms with Gasteiger partial charge in [-0.1, -0.05) is 28.8 Å². The number of hydrogen-bond acceptors (Lipinski definition) is 5. The van der Waals surface area contributed by atoms with Crippen LogP contribution >= 0.6 is 15.9 Å². The molecule has 0 saturated carbocycles. The maximum atomic E-state index is 12.6. The van der Waals surface area contributed by atoms with Crippen LogP contribution in [0, 0.1) is 0 Å². The lowest BCUT2D eigenvalue weighted by Gasteiger charge is -2.36. The van der Waals surface area contributed by atoms with Crippen LogP contribution in [0.15, 0.2) is 29.0 Å². The molecule has 0 unspecified atom stereocenters. The first-order valence-electron chi connectivity index (χ1n) is 9.86. The van der Waals surface area contributed by atoms with Crippen molar-refractivity contribution >= 4 is 38.6 Å². The molecule has 3 heterocycles. The SMILES string of the molecule is O=C(CN1CCN(c2ncnc3ccc(Br)cc23)CC1)N1CCCCCC1. The zero-order chi connectivity index (χ0) is 18.6. The predicted octanol–water partition coefficient (Wildman–Crippen LogP) is 2.92. The fourth-order valence-electron chi connectivity index (χ4n) is 4.00. The largest absolute Gasteiger partial charge is 0.353 e. The van der Waals surface area contributed by atoms with Crippen LogP contribution in [0.4, 0.5) is 5.82 Å². The van der Waals surface area contributed by atoms with Gasteiger partial charge < -0.3 is 9.80 Å². The molecule has 2 fully saturated rings. The number of carbonyl (C=O) groups is 1. The third-order valence-corrected chi connectivity index (χ3v) is 6.06. The fraction of sp³-hybridized carbons (Fsp3) is 0.550. The Bertz CT molecular complexity index is 798. The van der Waals surface area contributed by atoms with Gasteiger partial charge >= 0.3 is 0 Å². The molecule has 144 valence electrons. The Morgan fingerprint density at radius 2 is 1.70 bits per heavy atom. The maximum absolute atomic E-state index is 12.6. The van der Waals surface area contributed by atoms with Gasteiger partial charge in [0.1, 0.15) is 12.1 Å². The molecule has 4 rings (SSSR count). The zero-order valence-electron chi connectivity index (χ0n) is 15.6. The number of carbonyl (C=O) groups excluding carboxylic acids is 1. The summed E-state index contributed by atoms with van der Waals surface area (Å²) < 4.78 is 1.03. The molecule has 0 atom stereocenters. The van der Waals surface area contributed by atoms with Gasteiger partial charge in [-0.15, -0.1) is 0 Å². The highest BCUT2D eigenvalue weighted by Crippen LogP contribution is 2.26. The summed E-state index contributed by atoms with van der Waals surface area (Å²) in [7, 11) is 0. The summed E-state index contributed by atoms with van der Waals surface area (Å²) in [5.41, 5.74) is 0.960. The Labute approximate surface area is 168 Å². The van der Waals surface area contributed by atoms with Crippen LogP contribution in [-0.4, -0.2) is 71.5 Å². The minimum atomic E-state index is 0.293. The van der Waals surface area contributed by atoms with Gasteiger partial charge in [0, 0.05) is 49.1 Å². The maximum Gasteiger partial charge on any atom is 0.236 e. The van der Waals surface area contributed by atoms with Crippen LogP contribution in [0.2, 0.25) is 0 Å². The van der Waals surface area contributed by atoms with Gasteiger partial charge in [0.15, 0.2) is 0 Å². The van der Waals surface area contributed by atoms with E-state index in [0.717, 1.165) is 73.3 Å². The van der Waals surface area contributed by atoms with E-state index >= 15 is 0 Å². The molecule has 2 aromatic rings. The summed E-state index contributed by atoms with van der Waals surface area (Å²) in [6.07, 6.45) is 6.45. The number of rotatable bonds is 3. The van der Waals surface area contributed by atoms with Gasteiger partial charge in [-0.05, 0) is 31.0 Å². The van der Waals surface area contributed by atoms with Crippen LogP contribution in [0.25, 0.3) is 10.9 Å². The van der Waals surface area contributed by atoms with Crippen molar-refractivity contribution in [3.8, 4) is 0 Å². The standard InChI is InChI=1S/C20H26BrN5O/c21-16-5-6-18-17(13-16)20(23-15-22-18)26-11-9-24(10-12-26)14-19(27)25-7-3-1-2-4-8-25/h5-6,13,15H,1-4,7-12,14H2. The summed E-state index contributed by atoms with van der Waals surface area (Å²) in [5.74, 6) is 1.28. The third-order valence-electron chi connectivity index (χ3n) is 5.57. The fourth-order valence-corrected chi connectivity index (χ4v) is 4.36. The second-order valence-corrected chi connectivity index (χ2v) is 8.33. The van der Waals surface area contributed by atoms with E-state index in [4.69, 9.17) is 0 Å². The minimum Gasteiger partial charge on any atom is -0.353 e. The molecule has 1 aromatic heterocycles. The van der Waals surface area contributed by atoms with E-state index < -0.39 is 0 Å². The number of halogens is 1. The van der Waals surface area contributed by atoms with Crippen LogP contribution in [0.3, 0.4) is 0 Å². The minimum absolute atomic E-state index is 0.293. The lowest BCUT2D eigenvalue weighted by molar-refractivity contribution is -0.132. The van der Waals surface area contributed by atoms with Crippen molar-refractivity contribution in [2.24, 2.45) is 0 Å². The molecule has 6 nitrogen and oxygen atoms in total. The number of likely N-dealkylation sites (tertiary alicyclic amines) is 1. The van der Waals surface area contributed by atoms with Gasteiger partial charge in [-0.2, -0.15) is 0 Å². The molecule has 0 radical (unpaired) electrons. The van der Waals surface area contributed by atoms with E-state index in [1.54, 1.807) is 6.33 Å². The first-order valence-corrected chi connectivity index (χ1v) is 10.7. The number of amides is 1. The summed E-state index contributed by atoms with van der Waals surface area (Å²) in [4.78, 5) is 28.2. The molecular weight excluding hydrogens is 406 g/mol. The molecule has 2 aliphatic rings. The Morgan fingerprint density at radius 3 is 2.44 bits per heavy atom. The van der Waals surface area contributed by atoms with Crippen LogP contribution in [0.5, 0.6) is 0 Å². The molecule has 0 bridgehead atoms. The normalized spacial score (nSPS) is 19.3. The van der Waals surface area contributed by atoms with Crippen LogP contribution < -0.4 is 4.90 Å². The van der Waals surface area contributed by atoms with E-state index in [1.165, 1.54) is 12.8 Å². The van der Waals surface area contributed by atoms with E-state index in [2.05, 4.69) is 46.7 Å². The molecule has 1 amide bonds. The summed E-state index contributed by atoms with van der Waals surface area (Å²) >= 11 is 3.55. The third kappa shape index (κ3) is 4.41. The molecule has 0 spiro atoms. The van der Waals surface area contributed by atoms with Crippen molar-refractivity contribution in [3.63, 3.8) is 0 Å². The van der Waals surface area contributed by atoms with Crippen molar-refractivity contribution in [1.82, 2.24) is 19.8 Å². The summed E-state index contributed by atoms with van der Waals surface area (Å²) in [6, 6.07) is 6.10. The summed E-state index contributed by atoms with van der Waals surface area (Å²) in [5, 5.41) is 1.07. The van der Waals surface area contributed by atoms with E-state index in [1.807, 2.05) is 12.1 Å². The van der Waals surface area contributed by atoms with Crippen molar-refractivity contribution < 1.29 is 4.79 Å². The van der Waals surface area contributed by atoms with Gasteiger partial charge in [-0.25, -0.2) is 9.97 Å². The first kappa shape index (κ1) is 18.6. The topological polar surface area (TPSA) is 52.6 Å². The van der Waals surface area contributed by atoms with Crippen LogP contribution in [-0.2, 0) is 4.79 Å². The monoisotopic (exact) mass is 431 g/mol. The number of piperazine rings is 1. The zero-order valence-corrected chi connectivity index (χ0v) is 17.2. The Morgan fingerprint density at radius 1 is 0.963 bits per heavy atom. The highest BCUT2D eigenvalue weighted by Gasteiger charge is 2.23. The average molecular weight is 432 g/mol. The quantitative estimate of drug-likeness (QED) is 0.747. The number of fused-ring (bicyclic) bond motifs is 1. The number of nitrogens with zero attached hydrogens (tertiary/aromatic N) is 5. The van der Waals surface area contributed by atoms with Crippen molar-refractivity contribution in [2.75, 3.05) is 50.7 Å². The number of benzene rings is 1. The Balaban J connectivity index is 1.38. The Kier molecular flexibility index (Phi) is 5.88. The van der Waals surface area contributed by atoms with Gasteiger partial charge in [-0.3, -0.25) is 9.69 Å². The second kappa shape index (κ2) is 8.52. The van der Waals surface area contributed by atoms with Crippen molar-refractivity contribution in [2.45, 2.75) is 25.7 Å². The molecule has 0 N–H and O–H groups in total. The number of anilines is 1. The van der Waals surface area contributed by atoms with Gasteiger partial charge in [0.05, 0.1) is 12.1 Å². The van der Waals surface area contributed by atoms with E-state index in [-0.39, 0.29) is 0 Å². The lowest BCUT2D eigenvalue weighted by atomic mass is 10.2. The van der Waals surface area contributed by atoms with E-state index in [0.29, 0.717) is 12.5 Å². The number of hydrogen-bond donors (Lipinski definition) is 0. The lowest BCUT2D eigenvalue weighted by Crippen LogP contribution is -2.50. The Hall–Kier alpha value is -1.73. The second-order valence-electron chi connectivity index (χ2n) is 7.42. The van der Waals surface area contributed by atoms with Gasteiger partial charge in [0.2, 0.25) is 5.91 Å². The number of aromatic nitrogens is 2. The highest BCUT2D eigenvalue weighted by molar-refractivity contribution is 9.10. The van der Waals surface area contributed by atoms with Crippen molar-refractivity contribution in [1.29, 1.82) is 0 Å². The molecular formula is C20H26BrN5O.